The largest absolute Gasteiger partial charge is 0.488 e. The van der Waals surface area contributed by atoms with E-state index < -0.39 is 5.82 Å². The number of ether oxygens (including phenoxy) is 1. The number of hydrogen-bond donors (Lipinski definition) is 1. The first-order valence-electron chi connectivity index (χ1n) is 11.0. The van der Waals surface area contributed by atoms with E-state index in [9.17, 15) is 9.18 Å². The molecule has 8 nitrogen and oxygen atoms in total. The van der Waals surface area contributed by atoms with Gasteiger partial charge in [-0.25, -0.2) is 14.4 Å². The van der Waals surface area contributed by atoms with Crippen molar-refractivity contribution in [2.24, 2.45) is 5.92 Å². The minimum Gasteiger partial charge on any atom is -0.488 e. The number of nitrogens with zero attached hydrogens (tertiary/aromatic N) is 5. The maximum atomic E-state index is 14.2. The molecule has 5 rings (SSSR count). The zero-order valence-electron chi connectivity index (χ0n) is 18.7. The SMILES string of the molecule is CC(C)Oc1cc2c(-c3cc(N4CCN(C)CC4)ncn3)n[nH]c2cc1F.O=CC1CC1. The Hall–Kier alpha value is -3.07. The lowest BCUT2D eigenvalue weighted by Gasteiger charge is -2.33. The summed E-state index contributed by atoms with van der Waals surface area (Å²) in [6, 6.07) is 5.03. The van der Waals surface area contributed by atoms with Crippen molar-refractivity contribution in [1.82, 2.24) is 25.1 Å². The summed E-state index contributed by atoms with van der Waals surface area (Å²) >= 11 is 0. The van der Waals surface area contributed by atoms with Gasteiger partial charge in [-0.05, 0) is 39.8 Å². The Morgan fingerprint density at radius 1 is 1.16 bits per heavy atom. The van der Waals surface area contributed by atoms with E-state index in [4.69, 9.17) is 4.74 Å². The van der Waals surface area contributed by atoms with Crippen molar-refractivity contribution in [1.29, 1.82) is 0 Å². The summed E-state index contributed by atoms with van der Waals surface area (Å²) in [6.07, 6.45) is 4.75. The maximum absolute atomic E-state index is 14.2. The Morgan fingerprint density at radius 3 is 2.53 bits per heavy atom. The van der Waals surface area contributed by atoms with Crippen LogP contribution in [-0.2, 0) is 4.79 Å². The van der Waals surface area contributed by atoms with Gasteiger partial charge in [-0.15, -0.1) is 0 Å². The quantitative estimate of drug-likeness (QED) is 0.609. The molecular formula is C23H29FN6O2. The molecule has 2 fully saturated rings. The number of carbonyl (C=O) groups is 1. The standard InChI is InChI=1S/C19H23FN6O.C4H6O/c1-12(2)27-17-8-13-15(9-14(17)20)23-24-19(13)16-10-18(22-11-21-16)26-6-4-25(3)5-7-26;5-3-4-1-2-4/h8-12H,4-7H2,1-3H3,(H,23,24);3-4H,1-2H2. The summed E-state index contributed by atoms with van der Waals surface area (Å²) in [6.45, 7) is 7.58. The average molecular weight is 441 g/mol. The molecule has 0 spiro atoms. The van der Waals surface area contributed by atoms with Crippen LogP contribution in [0, 0.1) is 11.7 Å². The second-order valence-corrected chi connectivity index (χ2v) is 8.59. The summed E-state index contributed by atoms with van der Waals surface area (Å²) in [7, 11) is 2.12. The normalized spacial score (nSPS) is 16.7. The van der Waals surface area contributed by atoms with E-state index in [0.29, 0.717) is 22.8 Å². The monoisotopic (exact) mass is 440 g/mol. The van der Waals surface area contributed by atoms with E-state index in [1.807, 2.05) is 19.9 Å². The van der Waals surface area contributed by atoms with Crippen molar-refractivity contribution in [3.05, 3.63) is 30.3 Å². The molecule has 0 bridgehead atoms. The Balaban J connectivity index is 0.000000433. The number of nitrogens with one attached hydrogen (secondary N) is 1. The topological polar surface area (TPSA) is 87.2 Å². The van der Waals surface area contributed by atoms with Crippen LogP contribution >= 0.6 is 0 Å². The fourth-order valence-electron chi connectivity index (χ4n) is 3.48. The molecule has 1 N–H and O–H groups in total. The molecule has 32 heavy (non-hydrogen) atoms. The van der Waals surface area contributed by atoms with Crippen molar-refractivity contribution < 1.29 is 13.9 Å². The number of aromatic nitrogens is 4. The summed E-state index contributed by atoms with van der Waals surface area (Å²) in [5.74, 6) is 1.14. The van der Waals surface area contributed by atoms with Gasteiger partial charge >= 0.3 is 0 Å². The number of aldehydes is 1. The molecule has 170 valence electrons. The number of rotatable bonds is 5. The Morgan fingerprint density at radius 2 is 1.91 bits per heavy atom. The first-order valence-corrected chi connectivity index (χ1v) is 11.0. The van der Waals surface area contributed by atoms with Gasteiger partial charge in [0.1, 0.15) is 24.1 Å². The van der Waals surface area contributed by atoms with Crippen LogP contribution in [0.4, 0.5) is 10.2 Å². The van der Waals surface area contributed by atoms with Crippen molar-refractivity contribution in [3.8, 4) is 17.1 Å². The molecule has 9 heteroatoms. The number of piperazine rings is 1. The van der Waals surface area contributed by atoms with Gasteiger partial charge in [0.25, 0.3) is 0 Å². The van der Waals surface area contributed by atoms with Gasteiger partial charge in [0.05, 0.1) is 17.3 Å². The highest BCUT2D eigenvalue weighted by Crippen LogP contribution is 2.31. The summed E-state index contributed by atoms with van der Waals surface area (Å²) < 4.78 is 19.8. The van der Waals surface area contributed by atoms with E-state index >= 15 is 0 Å². The zero-order valence-corrected chi connectivity index (χ0v) is 18.7. The van der Waals surface area contributed by atoms with E-state index in [0.717, 1.165) is 56.5 Å². The summed E-state index contributed by atoms with van der Waals surface area (Å²) in [5.41, 5.74) is 1.97. The van der Waals surface area contributed by atoms with Gasteiger partial charge in [0.2, 0.25) is 0 Å². The molecule has 0 amide bonds. The van der Waals surface area contributed by atoms with Crippen LogP contribution in [0.25, 0.3) is 22.3 Å². The highest BCUT2D eigenvalue weighted by molar-refractivity contribution is 5.93. The first kappa shape index (κ1) is 22.1. The third-order valence-corrected chi connectivity index (χ3v) is 5.51. The number of hydrogen-bond acceptors (Lipinski definition) is 7. The van der Waals surface area contributed by atoms with Crippen LogP contribution < -0.4 is 9.64 Å². The van der Waals surface area contributed by atoms with Crippen molar-refractivity contribution in [2.45, 2.75) is 32.8 Å². The summed E-state index contributed by atoms with van der Waals surface area (Å²) in [5, 5.41) is 8.02. The molecule has 2 aliphatic rings. The lowest BCUT2D eigenvalue weighted by molar-refractivity contribution is -0.108. The second kappa shape index (κ2) is 9.60. The van der Waals surface area contributed by atoms with Crippen molar-refractivity contribution in [3.63, 3.8) is 0 Å². The predicted octanol–water partition coefficient (Wildman–Crippen LogP) is 3.29. The van der Waals surface area contributed by atoms with Gasteiger partial charge in [-0.1, -0.05) is 0 Å². The number of fused-ring (bicyclic) bond motifs is 1. The number of H-pyrrole nitrogens is 1. The number of benzene rings is 1. The Bertz CT molecular complexity index is 1070. The fourth-order valence-corrected chi connectivity index (χ4v) is 3.48. The lowest BCUT2D eigenvalue weighted by Crippen LogP contribution is -2.44. The highest BCUT2D eigenvalue weighted by atomic mass is 19.1. The molecule has 2 aromatic heterocycles. The molecule has 1 saturated carbocycles. The van der Waals surface area contributed by atoms with Gasteiger partial charge in [-0.2, -0.15) is 5.10 Å². The molecule has 1 aromatic carbocycles. The van der Waals surface area contributed by atoms with Gasteiger partial charge in [-0.3, -0.25) is 5.10 Å². The van der Waals surface area contributed by atoms with E-state index in [2.05, 4.69) is 37.0 Å². The molecule has 3 aromatic rings. The minimum atomic E-state index is -0.410. The number of carbonyl (C=O) groups excluding carboxylic acids is 1. The van der Waals surface area contributed by atoms with Gasteiger partial charge in [0.15, 0.2) is 11.6 Å². The molecule has 0 radical (unpaired) electrons. The van der Waals surface area contributed by atoms with Crippen LogP contribution in [-0.4, -0.2) is 70.7 Å². The van der Waals surface area contributed by atoms with Crippen molar-refractivity contribution in [2.75, 3.05) is 38.1 Å². The summed E-state index contributed by atoms with van der Waals surface area (Å²) in [4.78, 5) is 22.9. The van der Waals surface area contributed by atoms with Crippen LogP contribution in [0.1, 0.15) is 26.7 Å². The minimum absolute atomic E-state index is 0.116. The van der Waals surface area contributed by atoms with E-state index in [1.54, 1.807) is 12.4 Å². The smallest absolute Gasteiger partial charge is 0.167 e. The zero-order chi connectivity index (χ0) is 22.7. The molecule has 1 saturated heterocycles. The second-order valence-electron chi connectivity index (χ2n) is 8.59. The van der Waals surface area contributed by atoms with E-state index in [-0.39, 0.29) is 11.9 Å². The highest BCUT2D eigenvalue weighted by Gasteiger charge is 2.19. The molecule has 0 unspecified atom stereocenters. The van der Waals surface area contributed by atoms with Gasteiger partial charge < -0.3 is 19.3 Å². The first-order chi connectivity index (χ1) is 15.4. The number of aromatic amines is 1. The molecule has 1 aliphatic heterocycles. The van der Waals surface area contributed by atoms with Crippen LogP contribution in [0.3, 0.4) is 0 Å². The number of halogens is 1. The Labute approximate surface area is 186 Å². The van der Waals surface area contributed by atoms with Gasteiger partial charge in [0, 0.05) is 49.6 Å². The molecule has 0 atom stereocenters. The number of likely N-dealkylation sites (N-methyl/N-ethyl adjacent to an activating group) is 1. The van der Waals surface area contributed by atoms with E-state index in [1.165, 1.54) is 6.07 Å². The number of anilines is 1. The average Bonchev–Trinajstić information content (AvgIpc) is 3.54. The van der Waals surface area contributed by atoms with Crippen molar-refractivity contribution >= 4 is 23.0 Å². The van der Waals surface area contributed by atoms with Crippen LogP contribution in [0.5, 0.6) is 5.75 Å². The Kier molecular flexibility index (Phi) is 6.64. The van der Waals surface area contributed by atoms with Crippen LogP contribution in [0.2, 0.25) is 0 Å². The van der Waals surface area contributed by atoms with Crippen LogP contribution in [0.15, 0.2) is 24.5 Å². The maximum Gasteiger partial charge on any atom is 0.167 e. The third kappa shape index (κ3) is 5.21. The predicted molar refractivity (Wildman–Crippen MR) is 121 cm³/mol. The third-order valence-electron chi connectivity index (χ3n) is 5.51. The molecule has 3 heterocycles. The lowest BCUT2D eigenvalue weighted by atomic mass is 10.1. The molecular weight excluding hydrogens is 411 g/mol. The fraction of sp³-hybridized carbons (Fsp3) is 0.478. The molecule has 1 aliphatic carbocycles.